The van der Waals surface area contributed by atoms with Crippen LogP contribution in [0.1, 0.15) is 25.3 Å². The van der Waals surface area contributed by atoms with Crippen molar-refractivity contribution in [3.05, 3.63) is 35.9 Å². The van der Waals surface area contributed by atoms with Crippen molar-refractivity contribution in [2.45, 2.75) is 32.4 Å². The SMILES string of the molecule is CCOCCCNC(=O)CC1C(=O)NCCN1Cc1ccccc1. The Morgan fingerprint density at radius 3 is 2.92 bits per heavy atom. The number of piperazine rings is 1. The predicted molar refractivity (Wildman–Crippen MR) is 92.4 cm³/mol. The fraction of sp³-hybridized carbons (Fsp3) is 0.556. The molecule has 0 saturated carbocycles. The summed E-state index contributed by atoms with van der Waals surface area (Å²) in [5.41, 5.74) is 1.15. The number of nitrogens with one attached hydrogen (secondary N) is 2. The molecule has 0 aliphatic carbocycles. The van der Waals surface area contributed by atoms with Crippen LogP contribution in [0.5, 0.6) is 0 Å². The van der Waals surface area contributed by atoms with Gasteiger partial charge in [-0.3, -0.25) is 14.5 Å². The molecule has 1 unspecified atom stereocenters. The molecule has 1 heterocycles. The third-order valence-electron chi connectivity index (χ3n) is 4.04. The molecule has 1 aliphatic heterocycles. The first-order valence-corrected chi connectivity index (χ1v) is 8.61. The monoisotopic (exact) mass is 333 g/mol. The van der Waals surface area contributed by atoms with Crippen molar-refractivity contribution >= 4 is 11.8 Å². The average molecular weight is 333 g/mol. The lowest BCUT2D eigenvalue weighted by Crippen LogP contribution is -2.56. The second kappa shape index (κ2) is 10.1. The van der Waals surface area contributed by atoms with E-state index in [9.17, 15) is 9.59 Å². The molecule has 2 amide bonds. The molecule has 0 aromatic heterocycles. The van der Waals surface area contributed by atoms with Gasteiger partial charge in [0, 0.05) is 39.4 Å². The van der Waals surface area contributed by atoms with Crippen molar-refractivity contribution in [3.63, 3.8) is 0 Å². The molecule has 1 aromatic carbocycles. The van der Waals surface area contributed by atoms with Crippen molar-refractivity contribution in [1.29, 1.82) is 0 Å². The molecule has 6 heteroatoms. The van der Waals surface area contributed by atoms with Crippen LogP contribution < -0.4 is 10.6 Å². The maximum atomic E-state index is 12.2. The van der Waals surface area contributed by atoms with E-state index in [4.69, 9.17) is 4.74 Å². The molecule has 0 bridgehead atoms. The quantitative estimate of drug-likeness (QED) is 0.659. The zero-order valence-electron chi connectivity index (χ0n) is 14.3. The van der Waals surface area contributed by atoms with Gasteiger partial charge in [0.25, 0.3) is 0 Å². The van der Waals surface area contributed by atoms with E-state index in [1.54, 1.807) is 0 Å². The molecule has 0 spiro atoms. The van der Waals surface area contributed by atoms with Gasteiger partial charge < -0.3 is 15.4 Å². The van der Waals surface area contributed by atoms with Gasteiger partial charge in [-0.2, -0.15) is 0 Å². The van der Waals surface area contributed by atoms with Crippen molar-refractivity contribution in [1.82, 2.24) is 15.5 Å². The van der Waals surface area contributed by atoms with E-state index in [0.717, 1.165) is 18.5 Å². The molecular formula is C18H27N3O3. The number of hydrogen-bond acceptors (Lipinski definition) is 4. The van der Waals surface area contributed by atoms with Crippen molar-refractivity contribution in [3.8, 4) is 0 Å². The second-order valence-electron chi connectivity index (χ2n) is 5.87. The summed E-state index contributed by atoms with van der Waals surface area (Å²) < 4.78 is 5.24. The Balaban J connectivity index is 1.84. The molecule has 2 rings (SSSR count). The fourth-order valence-corrected chi connectivity index (χ4v) is 2.79. The summed E-state index contributed by atoms with van der Waals surface area (Å²) >= 11 is 0. The van der Waals surface area contributed by atoms with Gasteiger partial charge in [-0.1, -0.05) is 30.3 Å². The Hall–Kier alpha value is -1.92. The largest absolute Gasteiger partial charge is 0.382 e. The third kappa shape index (κ3) is 5.94. The minimum atomic E-state index is -0.411. The Bertz CT molecular complexity index is 522. The van der Waals surface area contributed by atoms with Crippen LogP contribution in [-0.4, -0.2) is 55.6 Å². The van der Waals surface area contributed by atoms with E-state index in [2.05, 4.69) is 15.5 Å². The highest BCUT2D eigenvalue weighted by molar-refractivity contribution is 5.88. The van der Waals surface area contributed by atoms with Gasteiger partial charge in [0.1, 0.15) is 0 Å². The summed E-state index contributed by atoms with van der Waals surface area (Å²) in [7, 11) is 0. The van der Waals surface area contributed by atoms with E-state index < -0.39 is 6.04 Å². The third-order valence-corrected chi connectivity index (χ3v) is 4.04. The second-order valence-corrected chi connectivity index (χ2v) is 5.87. The van der Waals surface area contributed by atoms with Crippen LogP contribution in [0.4, 0.5) is 0 Å². The van der Waals surface area contributed by atoms with Gasteiger partial charge in [0.05, 0.1) is 12.5 Å². The standard InChI is InChI=1S/C18H27N3O3/c1-2-24-12-6-9-19-17(22)13-16-18(23)20-10-11-21(16)14-15-7-4-3-5-8-15/h3-5,7-8,16H,2,6,9-14H2,1H3,(H,19,22)(H,20,23). The van der Waals surface area contributed by atoms with Crippen LogP contribution >= 0.6 is 0 Å². The Labute approximate surface area is 143 Å². The highest BCUT2D eigenvalue weighted by Crippen LogP contribution is 2.13. The van der Waals surface area contributed by atoms with E-state index in [-0.39, 0.29) is 18.2 Å². The van der Waals surface area contributed by atoms with Crippen LogP contribution in [0.3, 0.4) is 0 Å². The molecule has 1 fully saturated rings. The summed E-state index contributed by atoms with van der Waals surface area (Å²) in [5, 5.41) is 5.72. The number of carbonyl (C=O) groups is 2. The summed E-state index contributed by atoms with van der Waals surface area (Å²) in [5.74, 6) is -0.159. The molecule has 1 saturated heterocycles. The number of ether oxygens (including phenoxy) is 1. The number of amides is 2. The average Bonchev–Trinajstić information content (AvgIpc) is 2.59. The Morgan fingerprint density at radius 1 is 1.38 bits per heavy atom. The van der Waals surface area contributed by atoms with Gasteiger partial charge in [0.2, 0.25) is 11.8 Å². The molecule has 24 heavy (non-hydrogen) atoms. The van der Waals surface area contributed by atoms with E-state index in [0.29, 0.717) is 32.8 Å². The first-order chi connectivity index (χ1) is 11.7. The Morgan fingerprint density at radius 2 is 2.17 bits per heavy atom. The lowest BCUT2D eigenvalue weighted by molar-refractivity contribution is -0.134. The summed E-state index contributed by atoms with van der Waals surface area (Å²) in [6.45, 7) is 5.90. The molecule has 2 N–H and O–H groups in total. The highest BCUT2D eigenvalue weighted by atomic mass is 16.5. The van der Waals surface area contributed by atoms with Gasteiger partial charge in [0.15, 0.2) is 0 Å². The van der Waals surface area contributed by atoms with Crippen molar-refractivity contribution in [2.75, 3.05) is 32.8 Å². The minimum absolute atomic E-state index is 0.0679. The first-order valence-electron chi connectivity index (χ1n) is 8.61. The van der Waals surface area contributed by atoms with Crippen LogP contribution in [0.25, 0.3) is 0 Å². The molecule has 1 aromatic rings. The van der Waals surface area contributed by atoms with Crippen LogP contribution in [0.2, 0.25) is 0 Å². The molecular weight excluding hydrogens is 306 g/mol. The predicted octanol–water partition coefficient (Wildman–Crippen LogP) is 0.920. The molecule has 1 atom stereocenters. The molecule has 132 valence electrons. The first kappa shape index (κ1) is 18.4. The summed E-state index contributed by atoms with van der Waals surface area (Å²) in [6, 6.07) is 9.61. The maximum absolute atomic E-state index is 12.2. The van der Waals surface area contributed by atoms with Gasteiger partial charge in [-0.05, 0) is 18.9 Å². The topological polar surface area (TPSA) is 70.7 Å². The summed E-state index contributed by atoms with van der Waals surface area (Å²) in [6.07, 6.45) is 0.970. The number of benzene rings is 1. The van der Waals surface area contributed by atoms with Crippen molar-refractivity contribution in [2.24, 2.45) is 0 Å². The van der Waals surface area contributed by atoms with Gasteiger partial charge in [-0.15, -0.1) is 0 Å². The zero-order valence-corrected chi connectivity index (χ0v) is 14.3. The number of rotatable bonds is 9. The van der Waals surface area contributed by atoms with Crippen LogP contribution in [0, 0.1) is 0 Å². The number of carbonyl (C=O) groups excluding carboxylic acids is 2. The number of hydrogen-bond donors (Lipinski definition) is 2. The van der Waals surface area contributed by atoms with E-state index >= 15 is 0 Å². The van der Waals surface area contributed by atoms with Crippen LogP contribution in [-0.2, 0) is 20.9 Å². The maximum Gasteiger partial charge on any atom is 0.237 e. The smallest absolute Gasteiger partial charge is 0.237 e. The highest BCUT2D eigenvalue weighted by Gasteiger charge is 2.31. The lowest BCUT2D eigenvalue weighted by atomic mass is 10.1. The minimum Gasteiger partial charge on any atom is -0.382 e. The van der Waals surface area contributed by atoms with Crippen LogP contribution in [0.15, 0.2) is 30.3 Å². The molecule has 1 aliphatic rings. The summed E-state index contributed by atoms with van der Waals surface area (Å²) in [4.78, 5) is 26.4. The lowest BCUT2D eigenvalue weighted by Gasteiger charge is -2.34. The van der Waals surface area contributed by atoms with Gasteiger partial charge in [-0.25, -0.2) is 0 Å². The van der Waals surface area contributed by atoms with E-state index in [1.165, 1.54) is 0 Å². The molecule has 6 nitrogen and oxygen atoms in total. The fourth-order valence-electron chi connectivity index (χ4n) is 2.79. The molecule has 0 radical (unpaired) electrons. The zero-order chi connectivity index (χ0) is 17.2. The Kier molecular flexibility index (Phi) is 7.71. The normalized spacial score (nSPS) is 18.2. The van der Waals surface area contributed by atoms with Crippen molar-refractivity contribution < 1.29 is 14.3 Å². The van der Waals surface area contributed by atoms with E-state index in [1.807, 2.05) is 37.3 Å². The number of nitrogens with zero attached hydrogens (tertiary/aromatic N) is 1. The van der Waals surface area contributed by atoms with Gasteiger partial charge >= 0.3 is 0 Å².